The van der Waals surface area contributed by atoms with Crippen LogP contribution in [-0.4, -0.2) is 24.6 Å². The lowest BCUT2D eigenvalue weighted by molar-refractivity contribution is 0.535. The van der Waals surface area contributed by atoms with E-state index < -0.39 is 0 Å². The molecular formula is C17H25N3. The molecule has 108 valence electrons. The van der Waals surface area contributed by atoms with E-state index in [0.717, 1.165) is 37.4 Å². The van der Waals surface area contributed by atoms with E-state index in [0.29, 0.717) is 5.92 Å². The summed E-state index contributed by atoms with van der Waals surface area (Å²) in [4.78, 5) is 4.57. The number of nitrogens with zero attached hydrogens (tertiary/aromatic N) is 1. The number of hydrogen-bond donors (Lipinski definition) is 2. The van der Waals surface area contributed by atoms with Crippen molar-refractivity contribution in [3.63, 3.8) is 0 Å². The summed E-state index contributed by atoms with van der Waals surface area (Å²) < 4.78 is 0. The number of nitrogens with one attached hydrogen (secondary N) is 2. The van der Waals surface area contributed by atoms with Gasteiger partial charge in [-0.2, -0.15) is 0 Å². The number of hydrogen-bond acceptors (Lipinski definition) is 3. The fraction of sp³-hybridized carbons (Fsp3) is 0.471. The number of benzene rings is 1. The minimum atomic E-state index is 0.710. The molecule has 3 nitrogen and oxygen atoms in total. The Morgan fingerprint density at radius 3 is 2.65 bits per heavy atom. The zero-order valence-electron chi connectivity index (χ0n) is 12.7. The molecule has 0 fully saturated rings. The SMILES string of the molecule is Cc1cc(CNCCNCC(C)C)c2ccccc2n1. The first-order chi connectivity index (χ1) is 9.66. The van der Waals surface area contributed by atoms with Gasteiger partial charge in [0.05, 0.1) is 5.52 Å². The molecule has 0 amide bonds. The van der Waals surface area contributed by atoms with Crippen molar-refractivity contribution < 1.29 is 0 Å². The van der Waals surface area contributed by atoms with Crippen LogP contribution in [0.15, 0.2) is 30.3 Å². The van der Waals surface area contributed by atoms with Crippen LogP contribution < -0.4 is 10.6 Å². The van der Waals surface area contributed by atoms with Gasteiger partial charge in [0, 0.05) is 30.7 Å². The fourth-order valence-corrected chi connectivity index (χ4v) is 2.33. The first-order valence-corrected chi connectivity index (χ1v) is 7.43. The summed E-state index contributed by atoms with van der Waals surface area (Å²) in [5, 5.41) is 8.20. The lowest BCUT2D eigenvalue weighted by Crippen LogP contribution is -2.29. The Bertz CT molecular complexity index is 549. The van der Waals surface area contributed by atoms with E-state index in [1.165, 1.54) is 10.9 Å². The molecule has 3 heteroatoms. The molecule has 0 aliphatic carbocycles. The topological polar surface area (TPSA) is 37.0 Å². The average Bonchev–Trinajstić information content (AvgIpc) is 2.42. The van der Waals surface area contributed by atoms with Crippen LogP contribution in [0.4, 0.5) is 0 Å². The van der Waals surface area contributed by atoms with Crippen LogP contribution in [0, 0.1) is 12.8 Å². The summed E-state index contributed by atoms with van der Waals surface area (Å²) in [6, 6.07) is 10.5. The maximum Gasteiger partial charge on any atom is 0.0708 e. The third-order valence-electron chi connectivity index (χ3n) is 3.28. The first-order valence-electron chi connectivity index (χ1n) is 7.43. The Hall–Kier alpha value is -1.45. The molecule has 0 bridgehead atoms. The summed E-state index contributed by atoms with van der Waals surface area (Å²) in [6.45, 7) is 10.5. The third-order valence-corrected chi connectivity index (χ3v) is 3.28. The molecule has 0 aliphatic rings. The van der Waals surface area contributed by atoms with Crippen molar-refractivity contribution in [3.8, 4) is 0 Å². The highest BCUT2D eigenvalue weighted by molar-refractivity contribution is 5.82. The molecule has 1 aromatic carbocycles. The van der Waals surface area contributed by atoms with Crippen LogP contribution >= 0.6 is 0 Å². The van der Waals surface area contributed by atoms with Gasteiger partial charge in [0.1, 0.15) is 0 Å². The Balaban J connectivity index is 1.90. The normalized spacial score (nSPS) is 11.4. The van der Waals surface area contributed by atoms with Crippen molar-refractivity contribution in [2.45, 2.75) is 27.3 Å². The van der Waals surface area contributed by atoms with Crippen LogP contribution in [0.3, 0.4) is 0 Å². The monoisotopic (exact) mass is 271 g/mol. The summed E-state index contributed by atoms with van der Waals surface area (Å²) in [5.74, 6) is 0.710. The van der Waals surface area contributed by atoms with Crippen molar-refractivity contribution in [3.05, 3.63) is 41.6 Å². The molecule has 2 N–H and O–H groups in total. The molecule has 20 heavy (non-hydrogen) atoms. The molecule has 0 atom stereocenters. The van der Waals surface area contributed by atoms with Gasteiger partial charge in [-0.3, -0.25) is 4.98 Å². The number of aromatic nitrogens is 1. The molecule has 0 radical (unpaired) electrons. The Labute approximate surface area is 121 Å². The highest BCUT2D eigenvalue weighted by atomic mass is 14.9. The number of pyridine rings is 1. The summed E-state index contributed by atoms with van der Waals surface area (Å²) >= 11 is 0. The standard InChI is InChI=1S/C17H25N3/c1-13(2)11-18-8-9-19-12-15-10-14(3)20-17-7-5-4-6-16(15)17/h4-7,10,13,18-19H,8-9,11-12H2,1-3H3. The molecule has 0 saturated heterocycles. The average molecular weight is 271 g/mol. The lowest BCUT2D eigenvalue weighted by atomic mass is 10.1. The van der Waals surface area contributed by atoms with E-state index in [2.05, 4.69) is 60.7 Å². The maximum atomic E-state index is 4.57. The smallest absolute Gasteiger partial charge is 0.0708 e. The molecule has 1 heterocycles. The van der Waals surface area contributed by atoms with Gasteiger partial charge in [0.25, 0.3) is 0 Å². The zero-order valence-corrected chi connectivity index (χ0v) is 12.7. The van der Waals surface area contributed by atoms with Crippen LogP contribution in [0.25, 0.3) is 10.9 Å². The minimum Gasteiger partial charge on any atom is -0.315 e. The molecular weight excluding hydrogens is 246 g/mol. The van der Waals surface area contributed by atoms with Crippen molar-refractivity contribution in [2.24, 2.45) is 5.92 Å². The number of para-hydroxylation sites is 1. The molecule has 2 aromatic rings. The van der Waals surface area contributed by atoms with Crippen molar-refractivity contribution in [1.29, 1.82) is 0 Å². The van der Waals surface area contributed by atoms with Crippen molar-refractivity contribution >= 4 is 10.9 Å². The van der Waals surface area contributed by atoms with E-state index in [9.17, 15) is 0 Å². The second kappa shape index (κ2) is 7.36. The molecule has 1 aromatic heterocycles. The van der Waals surface area contributed by atoms with Gasteiger partial charge in [0.15, 0.2) is 0 Å². The Morgan fingerprint density at radius 1 is 1.10 bits per heavy atom. The number of fused-ring (bicyclic) bond motifs is 1. The van der Waals surface area contributed by atoms with Crippen LogP contribution in [-0.2, 0) is 6.54 Å². The van der Waals surface area contributed by atoms with Crippen LogP contribution in [0.5, 0.6) is 0 Å². The van der Waals surface area contributed by atoms with Crippen LogP contribution in [0.2, 0.25) is 0 Å². The summed E-state index contributed by atoms with van der Waals surface area (Å²) in [7, 11) is 0. The minimum absolute atomic E-state index is 0.710. The second-order valence-electron chi connectivity index (χ2n) is 5.71. The van der Waals surface area contributed by atoms with Gasteiger partial charge >= 0.3 is 0 Å². The third kappa shape index (κ3) is 4.29. The predicted octanol–water partition coefficient (Wildman–Crippen LogP) is 2.88. The fourth-order valence-electron chi connectivity index (χ4n) is 2.33. The van der Waals surface area contributed by atoms with Crippen LogP contribution in [0.1, 0.15) is 25.1 Å². The van der Waals surface area contributed by atoms with E-state index in [4.69, 9.17) is 0 Å². The number of rotatable bonds is 7. The van der Waals surface area contributed by atoms with E-state index >= 15 is 0 Å². The largest absolute Gasteiger partial charge is 0.315 e. The summed E-state index contributed by atoms with van der Waals surface area (Å²) in [6.07, 6.45) is 0. The van der Waals surface area contributed by atoms with Gasteiger partial charge < -0.3 is 10.6 Å². The van der Waals surface area contributed by atoms with E-state index in [1.807, 2.05) is 6.07 Å². The van der Waals surface area contributed by atoms with Crippen molar-refractivity contribution in [2.75, 3.05) is 19.6 Å². The zero-order chi connectivity index (χ0) is 14.4. The molecule has 0 unspecified atom stereocenters. The van der Waals surface area contributed by atoms with Crippen molar-refractivity contribution in [1.82, 2.24) is 15.6 Å². The van der Waals surface area contributed by atoms with E-state index in [1.54, 1.807) is 0 Å². The van der Waals surface area contributed by atoms with Gasteiger partial charge in [-0.05, 0) is 37.1 Å². The maximum absolute atomic E-state index is 4.57. The highest BCUT2D eigenvalue weighted by Crippen LogP contribution is 2.17. The predicted molar refractivity (Wildman–Crippen MR) is 85.9 cm³/mol. The first kappa shape index (κ1) is 14.9. The van der Waals surface area contributed by atoms with Gasteiger partial charge in [0.2, 0.25) is 0 Å². The van der Waals surface area contributed by atoms with E-state index in [-0.39, 0.29) is 0 Å². The molecule has 2 rings (SSSR count). The van der Waals surface area contributed by atoms with Gasteiger partial charge in [-0.25, -0.2) is 0 Å². The quantitative estimate of drug-likeness (QED) is 0.760. The molecule has 0 spiro atoms. The second-order valence-corrected chi connectivity index (χ2v) is 5.71. The van der Waals surface area contributed by atoms with Gasteiger partial charge in [-0.1, -0.05) is 32.0 Å². The summed E-state index contributed by atoms with van der Waals surface area (Å²) in [5.41, 5.74) is 3.50. The lowest BCUT2D eigenvalue weighted by Gasteiger charge is -2.10. The molecule has 0 saturated carbocycles. The molecule has 0 aliphatic heterocycles. The Kier molecular flexibility index (Phi) is 5.50. The number of aryl methyl sites for hydroxylation is 1. The van der Waals surface area contributed by atoms with Gasteiger partial charge in [-0.15, -0.1) is 0 Å². The highest BCUT2D eigenvalue weighted by Gasteiger charge is 2.03. The Morgan fingerprint density at radius 2 is 1.85 bits per heavy atom.